The maximum absolute atomic E-state index is 10.0. The highest BCUT2D eigenvalue weighted by atomic mass is 32.2. The molecule has 4 heteroatoms. The van der Waals surface area contributed by atoms with Crippen molar-refractivity contribution in [2.45, 2.75) is 18.6 Å². The largest absolute Gasteiger partial charge is 0.478 e. The zero-order chi connectivity index (χ0) is 8.69. The first-order valence-corrected chi connectivity index (χ1v) is 4.36. The van der Waals surface area contributed by atoms with Crippen LogP contribution in [0.2, 0.25) is 0 Å². The van der Waals surface area contributed by atoms with E-state index in [-0.39, 0.29) is 0 Å². The van der Waals surface area contributed by atoms with Gasteiger partial charge in [-0.25, -0.2) is 4.79 Å². The van der Waals surface area contributed by atoms with Gasteiger partial charge in [-0.2, -0.15) is 0 Å². The summed E-state index contributed by atoms with van der Waals surface area (Å²) in [7, 11) is 0. The fraction of sp³-hybridized carbons (Fsp3) is 0.571. The fourth-order valence-corrected chi connectivity index (χ4v) is 1.27. The molecule has 0 radical (unpaired) electrons. The molecular formula is C7H13NO2S. The van der Waals surface area contributed by atoms with Crippen molar-refractivity contribution in [1.82, 2.24) is 0 Å². The Bertz CT molecular complexity index is 147. The van der Waals surface area contributed by atoms with Crippen LogP contribution >= 0.6 is 11.8 Å². The van der Waals surface area contributed by atoms with Crippen LogP contribution in [0, 0.1) is 0 Å². The molecule has 0 aromatic rings. The van der Waals surface area contributed by atoms with Crippen LogP contribution in [-0.4, -0.2) is 22.9 Å². The Balaban J connectivity index is 3.44. The van der Waals surface area contributed by atoms with Crippen molar-refractivity contribution in [2.75, 3.05) is 6.54 Å². The van der Waals surface area contributed by atoms with Gasteiger partial charge in [-0.15, -0.1) is 11.8 Å². The molecule has 0 aliphatic heterocycles. The monoisotopic (exact) mass is 175 g/mol. The summed E-state index contributed by atoms with van der Waals surface area (Å²) in [6, 6.07) is 0. The smallest absolute Gasteiger partial charge is 0.328 e. The topological polar surface area (TPSA) is 63.3 Å². The van der Waals surface area contributed by atoms with Gasteiger partial charge in [-0.3, -0.25) is 0 Å². The van der Waals surface area contributed by atoms with E-state index < -0.39 is 5.97 Å². The van der Waals surface area contributed by atoms with Gasteiger partial charge in [-0.05, 0) is 18.4 Å². The lowest BCUT2D eigenvalue weighted by Gasteiger charge is -2.03. The number of carboxylic acids is 1. The molecule has 0 rings (SSSR count). The second kappa shape index (κ2) is 6.24. The molecular weight excluding hydrogens is 162 g/mol. The summed E-state index contributed by atoms with van der Waals surface area (Å²) in [5.74, 6) is -0.905. The van der Waals surface area contributed by atoms with Crippen LogP contribution in [0.5, 0.6) is 0 Å². The van der Waals surface area contributed by atoms with Gasteiger partial charge in [0.05, 0.1) is 0 Å². The summed E-state index contributed by atoms with van der Waals surface area (Å²) in [4.78, 5) is 10.0. The molecule has 0 bridgehead atoms. The minimum Gasteiger partial charge on any atom is -0.478 e. The number of rotatable bonds is 5. The number of hydrogen-bond donors (Lipinski definition) is 2. The van der Waals surface area contributed by atoms with Gasteiger partial charge < -0.3 is 10.8 Å². The molecule has 0 spiro atoms. The standard InChI is InChI=1S/C7H13NO2S/c1-6(2-4-8)11-5-3-7(9)10/h3,5-6H,2,4,8H2,1H3,(H,9,10). The Morgan fingerprint density at radius 3 is 2.91 bits per heavy atom. The minimum atomic E-state index is -0.905. The molecule has 0 amide bonds. The average Bonchev–Trinajstić information content (AvgIpc) is 1.87. The number of nitrogens with two attached hydrogens (primary N) is 1. The van der Waals surface area contributed by atoms with E-state index in [4.69, 9.17) is 10.8 Å². The molecule has 64 valence electrons. The molecule has 0 saturated heterocycles. The summed E-state index contributed by atoms with van der Waals surface area (Å²) in [6.07, 6.45) is 2.05. The highest BCUT2D eigenvalue weighted by molar-refractivity contribution is 8.02. The summed E-state index contributed by atoms with van der Waals surface area (Å²) in [5, 5.41) is 10.2. The van der Waals surface area contributed by atoms with Crippen LogP contribution < -0.4 is 5.73 Å². The van der Waals surface area contributed by atoms with Crippen LogP contribution in [-0.2, 0) is 4.79 Å². The Kier molecular flexibility index (Phi) is 5.97. The van der Waals surface area contributed by atoms with E-state index in [1.54, 1.807) is 5.41 Å². The molecule has 11 heavy (non-hydrogen) atoms. The van der Waals surface area contributed by atoms with E-state index in [9.17, 15) is 4.79 Å². The average molecular weight is 175 g/mol. The molecule has 0 fully saturated rings. The Morgan fingerprint density at radius 2 is 2.45 bits per heavy atom. The minimum absolute atomic E-state index is 0.399. The lowest BCUT2D eigenvalue weighted by molar-refractivity contribution is -0.131. The van der Waals surface area contributed by atoms with E-state index >= 15 is 0 Å². The Morgan fingerprint density at radius 1 is 1.82 bits per heavy atom. The molecule has 0 aliphatic carbocycles. The first-order valence-electron chi connectivity index (χ1n) is 3.41. The molecule has 3 N–H and O–H groups in total. The molecule has 0 saturated carbocycles. The highest BCUT2D eigenvalue weighted by Gasteiger charge is 1.97. The molecule has 0 aromatic carbocycles. The van der Waals surface area contributed by atoms with E-state index in [0.29, 0.717) is 11.8 Å². The maximum Gasteiger partial charge on any atom is 0.328 e. The Hall–Kier alpha value is -0.480. The number of aliphatic carboxylic acids is 1. The van der Waals surface area contributed by atoms with Crippen molar-refractivity contribution >= 4 is 17.7 Å². The first kappa shape index (κ1) is 10.5. The van der Waals surface area contributed by atoms with Crippen molar-refractivity contribution < 1.29 is 9.90 Å². The third kappa shape index (κ3) is 7.42. The zero-order valence-corrected chi connectivity index (χ0v) is 7.30. The van der Waals surface area contributed by atoms with Gasteiger partial charge in [0, 0.05) is 11.3 Å². The lowest BCUT2D eigenvalue weighted by Crippen LogP contribution is -2.06. The third-order valence-corrected chi connectivity index (χ3v) is 2.09. The van der Waals surface area contributed by atoms with E-state index in [1.807, 2.05) is 6.92 Å². The van der Waals surface area contributed by atoms with Crippen LogP contribution in [0.3, 0.4) is 0 Å². The molecule has 0 aliphatic rings. The molecule has 0 aromatic heterocycles. The predicted molar refractivity (Wildman–Crippen MR) is 47.5 cm³/mol. The van der Waals surface area contributed by atoms with Gasteiger partial charge in [-0.1, -0.05) is 6.92 Å². The number of carboxylic acid groups (broad SMARTS) is 1. The second-order valence-corrected chi connectivity index (χ2v) is 3.51. The first-order chi connectivity index (χ1) is 5.16. The van der Waals surface area contributed by atoms with Crippen molar-refractivity contribution in [2.24, 2.45) is 5.73 Å². The van der Waals surface area contributed by atoms with E-state index in [0.717, 1.165) is 12.5 Å². The zero-order valence-electron chi connectivity index (χ0n) is 6.49. The van der Waals surface area contributed by atoms with E-state index in [1.165, 1.54) is 11.8 Å². The van der Waals surface area contributed by atoms with E-state index in [2.05, 4.69) is 0 Å². The number of thioether (sulfide) groups is 1. The SMILES string of the molecule is CC(CCN)SC=CC(=O)O. The van der Waals surface area contributed by atoms with Crippen molar-refractivity contribution in [3.63, 3.8) is 0 Å². The van der Waals surface area contributed by atoms with Crippen LogP contribution in [0.1, 0.15) is 13.3 Å². The van der Waals surface area contributed by atoms with Crippen LogP contribution in [0.15, 0.2) is 11.5 Å². The lowest BCUT2D eigenvalue weighted by atomic mass is 10.3. The number of carbonyl (C=O) groups is 1. The van der Waals surface area contributed by atoms with Crippen molar-refractivity contribution in [3.05, 3.63) is 11.5 Å². The van der Waals surface area contributed by atoms with Crippen molar-refractivity contribution in [1.29, 1.82) is 0 Å². The Labute approximate surface area is 70.7 Å². The summed E-state index contributed by atoms with van der Waals surface area (Å²) >= 11 is 1.49. The normalized spacial score (nSPS) is 13.6. The van der Waals surface area contributed by atoms with Crippen molar-refractivity contribution in [3.8, 4) is 0 Å². The molecule has 3 nitrogen and oxygen atoms in total. The second-order valence-electron chi connectivity index (χ2n) is 2.17. The van der Waals surface area contributed by atoms with Crippen LogP contribution in [0.4, 0.5) is 0 Å². The van der Waals surface area contributed by atoms with Gasteiger partial charge in [0.1, 0.15) is 0 Å². The summed E-state index contributed by atoms with van der Waals surface area (Å²) in [6.45, 7) is 2.67. The van der Waals surface area contributed by atoms with Crippen LogP contribution in [0.25, 0.3) is 0 Å². The third-order valence-electron chi connectivity index (χ3n) is 1.09. The van der Waals surface area contributed by atoms with Gasteiger partial charge in [0.15, 0.2) is 0 Å². The summed E-state index contributed by atoms with van der Waals surface area (Å²) < 4.78 is 0. The number of hydrogen-bond acceptors (Lipinski definition) is 3. The van der Waals surface area contributed by atoms with Gasteiger partial charge in [0.2, 0.25) is 0 Å². The fourth-order valence-electron chi connectivity index (χ4n) is 0.534. The molecule has 0 heterocycles. The quantitative estimate of drug-likeness (QED) is 0.613. The highest BCUT2D eigenvalue weighted by Crippen LogP contribution is 2.13. The van der Waals surface area contributed by atoms with Gasteiger partial charge in [0.25, 0.3) is 0 Å². The summed E-state index contributed by atoms with van der Waals surface area (Å²) in [5.41, 5.74) is 5.31. The predicted octanol–water partition coefficient (Wildman–Crippen LogP) is 1.06. The molecule has 1 unspecified atom stereocenters. The maximum atomic E-state index is 10.0. The molecule has 1 atom stereocenters. The van der Waals surface area contributed by atoms with Gasteiger partial charge >= 0.3 is 5.97 Å².